The van der Waals surface area contributed by atoms with E-state index in [0.29, 0.717) is 0 Å². The van der Waals surface area contributed by atoms with Crippen molar-refractivity contribution >= 4 is 11.5 Å². The lowest BCUT2D eigenvalue weighted by Crippen LogP contribution is -1.97. The summed E-state index contributed by atoms with van der Waals surface area (Å²) >= 11 is 0. The van der Waals surface area contributed by atoms with Crippen LogP contribution in [0.2, 0.25) is 0 Å². The smallest absolute Gasteiger partial charge is 0.163 e. The van der Waals surface area contributed by atoms with E-state index in [1.54, 1.807) is 6.07 Å². The highest BCUT2D eigenvalue weighted by Gasteiger charge is 2.09. The molecular weight excluding hydrogens is 168 g/mol. The zero-order valence-corrected chi connectivity index (χ0v) is 7.03. The molecule has 13 heavy (non-hydrogen) atoms. The maximum Gasteiger partial charge on any atom is 0.163 e. The van der Waals surface area contributed by atoms with Gasteiger partial charge in [0.2, 0.25) is 0 Å². The molecule has 0 saturated carbocycles. The van der Waals surface area contributed by atoms with Crippen molar-refractivity contribution in [3.8, 4) is 11.8 Å². The average Bonchev–Trinajstić information content (AvgIpc) is 2.07. The van der Waals surface area contributed by atoms with Crippen LogP contribution in [0, 0.1) is 11.3 Å². The number of nitriles is 1. The number of carbonyl (C=O) groups is 1. The molecule has 0 fully saturated rings. The van der Waals surface area contributed by atoms with E-state index >= 15 is 0 Å². The molecule has 4 nitrogen and oxygen atoms in total. The fraction of sp³-hybridized carbons (Fsp3) is 0.111. The van der Waals surface area contributed by atoms with E-state index in [1.807, 2.05) is 0 Å². The minimum Gasteiger partial charge on any atom is -0.507 e. The Labute approximate surface area is 75.2 Å². The second-order valence-corrected chi connectivity index (χ2v) is 2.62. The Bertz CT molecular complexity index is 405. The maximum atomic E-state index is 10.9. The Balaban J connectivity index is 3.39. The van der Waals surface area contributed by atoms with E-state index in [0.717, 1.165) is 0 Å². The summed E-state index contributed by atoms with van der Waals surface area (Å²) in [6.45, 7) is 1.32. The molecule has 0 aliphatic carbocycles. The number of phenols is 1. The van der Waals surface area contributed by atoms with Gasteiger partial charge in [0.05, 0.1) is 16.8 Å². The quantitative estimate of drug-likeness (QED) is 0.380. The van der Waals surface area contributed by atoms with Crippen molar-refractivity contribution in [1.29, 1.82) is 5.26 Å². The molecule has 0 bridgehead atoms. The molecule has 0 spiro atoms. The predicted molar refractivity (Wildman–Crippen MR) is 47.2 cm³/mol. The van der Waals surface area contributed by atoms with Gasteiger partial charge in [-0.3, -0.25) is 4.79 Å². The number of nitrogen functional groups attached to an aromatic ring is 1. The second-order valence-electron chi connectivity index (χ2n) is 2.62. The first-order valence-corrected chi connectivity index (χ1v) is 3.59. The molecule has 0 aromatic heterocycles. The van der Waals surface area contributed by atoms with Crippen LogP contribution in [0.1, 0.15) is 22.8 Å². The van der Waals surface area contributed by atoms with Crippen molar-refractivity contribution < 1.29 is 9.90 Å². The predicted octanol–water partition coefficient (Wildman–Crippen LogP) is 1.05. The molecule has 0 radical (unpaired) electrons. The lowest BCUT2D eigenvalue weighted by molar-refractivity contribution is 0.101. The molecule has 4 heteroatoms. The van der Waals surface area contributed by atoms with E-state index in [1.165, 1.54) is 19.1 Å². The van der Waals surface area contributed by atoms with Gasteiger partial charge in [-0.1, -0.05) is 0 Å². The number of phenolic OH excluding ortho intramolecular Hbond substituents is 1. The number of anilines is 1. The normalized spacial score (nSPS) is 9.23. The first-order valence-electron chi connectivity index (χ1n) is 3.59. The summed E-state index contributed by atoms with van der Waals surface area (Å²) < 4.78 is 0. The molecular formula is C9H8N2O2. The van der Waals surface area contributed by atoms with Crippen molar-refractivity contribution in [1.82, 2.24) is 0 Å². The number of Topliss-reactive ketones (excluding diaryl/α,β-unsaturated/α-hetero) is 1. The standard InChI is InChI=1S/C9H8N2O2/c1-5(12)7-3-8(11)6(4-10)2-9(7)13/h2-3,13H,11H2,1H3. The molecule has 0 heterocycles. The number of hydrogen-bond donors (Lipinski definition) is 2. The Morgan fingerprint density at radius 2 is 2.23 bits per heavy atom. The van der Waals surface area contributed by atoms with Crippen LogP contribution >= 0.6 is 0 Å². The van der Waals surface area contributed by atoms with Gasteiger partial charge in [0.25, 0.3) is 0 Å². The van der Waals surface area contributed by atoms with Crippen molar-refractivity contribution in [2.45, 2.75) is 6.92 Å². The van der Waals surface area contributed by atoms with Gasteiger partial charge in [-0.15, -0.1) is 0 Å². The first kappa shape index (κ1) is 9.07. The van der Waals surface area contributed by atoms with Crippen LogP contribution in [-0.4, -0.2) is 10.9 Å². The van der Waals surface area contributed by atoms with Crippen molar-refractivity contribution in [3.63, 3.8) is 0 Å². The van der Waals surface area contributed by atoms with E-state index in [2.05, 4.69) is 0 Å². The van der Waals surface area contributed by atoms with Gasteiger partial charge in [0, 0.05) is 6.07 Å². The van der Waals surface area contributed by atoms with Gasteiger partial charge < -0.3 is 10.8 Å². The van der Waals surface area contributed by atoms with E-state index in [4.69, 9.17) is 11.0 Å². The Kier molecular flexibility index (Phi) is 2.20. The molecule has 0 saturated heterocycles. The van der Waals surface area contributed by atoms with Crippen LogP contribution in [0.4, 0.5) is 5.69 Å². The van der Waals surface area contributed by atoms with Crippen LogP contribution in [-0.2, 0) is 0 Å². The summed E-state index contributed by atoms with van der Waals surface area (Å²) in [6.07, 6.45) is 0. The summed E-state index contributed by atoms with van der Waals surface area (Å²) in [5.74, 6) is -0.494. The van der Waals surface area contributed by atoms with Crippen LogP contribution in [0.3, 0.4) is 0 Å². The highest BCUT2D eigenvalue weighted by Crippen LogP contribution is 2.23. The molecule has 1 aromatic rings. The first-order chi connectivity index (χ1) is 6.06. The van der Waals surface area contributed by atoms with Gasteiger partial charge in [0.15, 0.2) is 5.78 Å². The molecule has 0 unspecified atom stereocenters. The molecule has 3 N–H and O–H groups in total. The summed E-state index contributed by atoms with van der Waals surface area (Å²) in [4.78, 5) is 10.9. The van der Waals surface area contributed by atoms with Gasteiger partial charge in [-0.2, -0.15) is 5.26 Å². The monoisotopic (exact) mass is 176 g/mol. The summed E-state index contributed by atoms with van der Waals surface area (Å²) in [5, 5.41) is 17.8. The lowest BCUT2D eigenvalue weighted by atomic mass is 10.1. The number of benzene rings is 1. The highest BCUT2D eigenvalue weighted by molar-refractivity contribution is 5.98. The third-order valence-corrected chi connectivity index (χ3v) is 1.67. The molecule has 1 aromatic carbocycles. The van der Waals surface area contributed by atoms with Gasteiger partial charge in [0.1, 0.15) is 11.8 Å². The number of nitrogens with zero attached hydrogens (tertiary/aromatic N) is 1. The minimum atomic E-state index is -0.284. The van der Waals surface area contributed by atoms with E-state index in [9.17, 15) is 9.90 Å². The SMILES string of the molecule is CC(=O)c1cc(N)c(C#N)cc1O. The number of hydrogen-bond acceptors (Lipinski definition) is 4. The summed E-state index contributed by atoms with van der Waals surface area (Å²) in [5.41, 5.74) is 5.96. The van der Waals surface area contributed by atoms with E-state index in [-0.39, 0.29) is 28.3 Å². The minimum absolute atomic E-state index is 0.136. The fourth-order valence-electron chi connectivity index (χ4n) is 0.984. The Hall–Kier alpha value is -2.02. The summed E-state index contributed by atoms with van der Waals surface area (Å²) in [7, 11) is 0. The van der Waals surface area contributed by atoms with Gasteiger partial charge in [-0.25, -0.2) is 0 Å². The molecule has 0 aliphatic heterocycles. The number of carbonyl (C=O) groups excluding carboxylic acids is 1. The molecule has 0 atom stereocenters. The van der Waals surface area contributed by atoms with Crippen LogP contribution < -0.4 is 5.73 Å². The van der Waals surface area contributed by atoms with Crippen molar-refractivity contribution in [2.24, 2.45) is 0 Å². The maximum absolute atomic E-state index is 10.9. The zero-order valence-electron chi connectivity index (χ0n) is 7.03. The van der Waals surface area contributed by atoms with Crippen LogP contribution in [0.5, 0.6) is 5.75 Å². The molecule has 66 valence electrons. The third kappa shape index (κ3) is 1.59. The van der Waals surface area contributed by atoms with Gasteiger partial charge in [-0.05, 0) is 13.0 Å². The van der Waals surface area contributed by atoms with Crippen LogP contribution in [0.25, 0.3) is 0 Å². The summed E-state index contributed by atoms with van der Waals surface area (Å²) in [6, 6.07) is 4.29. The zero-order chi connectivity index (χ0) is 10.0. The lowest BCUT2D eigenvalue weighted by Gasteiger charge is -2.03. The molecule has 0 aliphatic rings. The number of nitrogens with two attached hydrogens (primary N) is 1. The van der Waals surface area contributed by atoms with Crippen LogP contribution in [0.15, 0.2) is 12.1 Å². The number of rotatable bonds is 1. The number of aromatic hydroxyl groups is 1. The Morgan fingerprint density at radius 3 is 2.69 bits per heavy atom. The van der Waals surface area contributed by atoms with Crippen molar-refractivity contribution in [2.75, 3.05) is 5.73 Å². The number of ketones is 1. The topological polar surface area (TPSA) is 87.1 Å². The average molecular weight is 176 g/mol. The molecule has 0 amide bonds. The van der Waals surface area contributed by atoms with Crippen molar-refractivity contribution in [3.05, 3.63) is 23.3 Å². The van der Waals surface area contributed by atoms with Gasteiger partial charge >= 0.3 is 0 Å². The largest absolute Gasteiger partial charge is 0.507 e. The third-order valence-electron chi connectivity index (χ3n) is 1.67. The molecule has 1 rings (SSSR count). The fourth-order valence-corrected chi connectivity index (χ4v) is 0.984. The second kappa shape index (κ2) is 3.15. The highest BCUT2D eigenvalue weighted by atomic mass is 16.3. The Morgan fingerprint density at radius 1 is 1.62 bits per heavy atom. The van der Waals surface area contributed by atoms with E-state index < -0.39 is 0 Å².